The maximum atomic E-state index is 13.9. The Bertz CT molecular complexity index is 882. The summed E-state index contributed by atoms with van der Waals surface area (Å²) < 4.78 is 47.6. The third-order valence-electron chi connectivity index (χ3n) is 4.53. The molecular weight excluding hydrogens is 476 g/mol. The Morgan fingerprint density at radius 1 is 1.19 bits per heavy atom. The molecule has 1 aliphatic carbocycles. The van der Waals surface area contributed by atoms with Crippen LogP contribution in [-0.4, -0.2) is 29.0 Å². The van der Waals surface area contributed by atoms with Gasteiger partial charge in [-0.05, 0) is 35.2 Å². The molecule has 0 fully saturated rings. The molecule has 0 unspecified atom stereocenters. The van der Waals surface area contributed by atoms with Gasteiger partial charge in [0.25, 0.3) is 0 Å². The van der Waals surface area contributed by atoms with Crippen LogP contribution in [0.4, 0.5) is 13.2 Å². The minimum atomic E-state index is -4.90. The second-order valence-electron chi connectivity index (χ2n) is 6.24. The molecule has 8 heteroatoms. The molecule has 27 heavy (non-hydrogen) atoms. The first-order chi connectivity index (χ1) is 12.7. The fourth-order valence-corrected chi connectivity index (χ4v) is 3.95. The van der Waals surface area contributed by atoms with Crippen LogP contribution in [0.2, 0.25) is 0 Å². The van der Waals surface area contributed by atoms with Gasteiger partial charge in [-0.15, -0.1) is 0 Å². The topological polar surface area (TPSA) is 66.8 Å². The molecule has 2 aromatic rings. The molecule has 3 rings (SSSR count). The van der Waals surface area contributed by atoms with Crippen molar-refractivity contribution in [2.24, 2.45) is 0 Å². The highest BCUT2D eigenvalue weighted by molar-refractivity contribution is 14.1. The van der Waals surface area contributed by atoms with Gasteiger partial charge in [-0.1, -0.05) is 46.9 Å². The summed E-state index contributed by atoms with van der Waals surface area (Å²) in [5.41, 5.74) is -2.21. The lowest BCUT2D eigenvalue weighted by Crippen LogP contribution is -2.41. The molecule has 144 valence electrons. The molecule has 0 radical (unpaired) electrons. The van der Waals surface area contributed by atoms with E-state index in [1.54, 1.807) is 18.2 Å². The Kier molecular flexibility index (Phi) is 5.40. The minimum absolute atomic E-state index is 0.0587. The Morgan fingerprint density at radius 2 is 1.89 bits per heavy atom. The van der Waals surface area contributed by atoms with Gasteiger partial charge in [-0.3, -0.25) is 4.79 Å². The van der Waals surface area contributed by atoms with Crippen molar-refractivity contribution in [2.45, 2.75) is 29.0 Å². The molecule has 0 bridgehead atoms. The van der Waals surface area contributed by atoms with Crippen molar-refractivity contribution < 1.29 is 32.9 Å². The molecule has 1 aliphatic rings. The monoisotopic (exact) mass is 492 g/mol. The highest BCUT2D eigenvalue weighted by Gasteiger charge is 2.61. The van der Waals surface area contributed by atoms with Crippen molar-refractivity contribution >= 4 is 28.6 Å². The molecule has 0 aliphatic heterocycles. The maximum Gasteiger partial charge on any atom is 0.425 e. The SMILES string of the molecule is O=C(O)CCCOc1cc(CI)c2c(c1)[C@@](O)(C(F)(F)F)c1ccccc1-2. The number of halogens is 4. The Morgan fingerprint density at radius 3 is 2.52 bits per heavy atom. The number of fused-ring (bicyclic) bond motifs is 3. The highest BCUT2D eigenvalue weighted by Crippen LogP contribution is 2.56. The number of hydrogen-bond acceptors (Lipinski definition) is 3. The summed E-state index contributed by atoms with van der Waals surface area (Å²) in [7, 11) is 0. The van der Waals surface area contributed by atoms with Crippen LogP contribution in [0, 0.1) is 0 Å². The maximum absolute atomic E-state index is 13.9. The van der Waals surface area contributed by atoms with E-state index < -0.39 is 17.7 Å². The first-order valence-electron chi connectivity index (χ1n) is 8.17. The summed E-state index contributed by atoms with van der Waals surface area (Å²) >= 11 is 2.05. The van der Waals surface area contributed by atoms with Crippen LogP contribution in [0.1, 0.15) is 29.5 Å². The standard InChI is InChI=1S/C19H16F3IO4/c20-19(21,22)18(26)14-5-2-1-4-13(14)17-11(10-23)8-12(9-15(17)18)27-7-3-6-16(24)25/h1-2,4-5,8-9,26H,3,6-7,10H2,(H,24,25)/t18-/m1/s1. The number of rotatable bonds is 6. The van der Waals surface area contributed by atoms with Gasteiger partial charge in [0.05, 0.1) is 6.61 Å². The van der Waals surface area contributed by atoms with E-state index in [4.69, 9.17) is 9.84 Å². The smallest absolute Gasteiger partial charge is 0.425 e. The number of carboxylic acid groups (broad SMARTS) is 1. The second-order valence-corrected chi connectivity index (χ2v) is 7.00. The molecule has 1 atom stereocenters. The zero-order valence-electron chi connectivity index (χ0n) is 14.0. The summed E-state index contributed by atoms with van der Waals surface area (Å²) in [6.07, 6.45) is -4.77. The summed E-state index contributed by atoms with van der Waals surface area (Å²) in [5.74, 6) is -0.788. The van der Waals surface area contributed by atoms with Crippen LogP contribution < -0.4 is 4.74 Å². The van der Waals surface area contributed by atoms with E-state index in [1.165, 1.54) is 18.2 Å². The molecule has 0 amide bonds. The van der Waals surface area contributed by atoms with Gasteiger partial charge in [-0.25, -0.2) is 0 Å². The average molecular weight is 492 g/mol. The van der Waals surface area contributed by atoms with E-state index in [0.717, 1.165) is 0 Å². The van der Waals surface area contributed by atoms with Crippen LogP contribution in [0.3, 0.4) is 0 Å². The number of ether oxygens (including phenoxy) is 1. The zero-order chi connectivity index (χ0) is 19.8. The van der Waals surface area contributed by atoms with Gasteiger partial charge in [0, 0.05) is 22.0 Å². The lowest BCUT2D eigenvalue weighted by molar-refractivity contribution is -0.246. The normalized spacial score (nSPS) is 18.1. The minimum Gasteiger partial charge on any atom is -0.494 e. The first kappa shape index (κ1) is 19.9. The van der Waals surface area contributed by atoms with Crippen LogP contribution in [0.15, 0.2) is 36.4 Å². The van der Waals surface area contributed by atoms with Crippen molar-refractivity contribution in [2.75, 3.05) is 6.61 Å². The number of alkyl halides is 4. The lowest BCUT2D eigenvalue weighted by Gasteiger charge is -2.28. The fourth-order valence-electron chi connectivity index (χ4n) is 3.35. The largest absolute Gasteiger partial charge is 0.494 e. The molecule has 4 nitrogen and oxygen atoms in total. The molecular formula is C19H16F3IO4. The highest BCUT2D eigenvalue weighted by atomic mass is 127. The summed E-state index contributed by atoms with van der Waals surface area (Å²) in [5, 5.41) is 19.4. The van der Waals surface area contributed by atoms with Gasteiger partial charge in [0.1, 0.15) is 5.75 Å². The van der Waals surface area contributed by atoms with E-state index in [1.807, 2.05) is 0 Å². The fraction of sp³-hybridized carbons (Fsp3) is 0.316. The van der Waals surface area contributed by atoms with Crippen LogP contribution in [-0.2, 0) is 14.8 Å². The van der Waals surface area contributed by atoms with Gasteiger partial charge in [-0.2, -0.15) is 13.2 Å². The molecule has 0 saturated carbocycles. The van der Waals surface area contributed by atoms with Crippen molar-refractivity contribution in [1.29, 1.82) is 0 Å². The van der Waals surface area contributed by atoms with E-state index in [2.05, 4.69) is 22.6 Å². The number of carbonyl (C=O) groups is 1. The molecule has 0 saturated heterocycles. The third kappa shape index (κ3) is 3.40. The first-order valence-corrected chi connectivity index (χ1v) is 9.69. The van der Waals surface area contributed by atoms with E-state index >= 15 is 0 Å². The van der Waals surface area contributed by atoms with Crippen LogP contribution in [0.25, 0.3) is 11.1 Å². The number of carboxylic acids is 1. The van der Waals surface area contributed by atoms with Gasteiger partial charge in [0.15, 0.2) is 0 Å². The second kappa shape index (κ2) is 7.31. The quantitative estimate of drug-likeness (QED) is 0.351. The summed E-state index contributed by atoms with van der Waals surface area (Å²) in [6.45, 7) is 0.0587. The van der Waals surface area contributed by atoms with Crippen molar-refractivity contribution in [1.82, 2.24) is 0 Å². The van der Waals surface area contributed by atoms with Crippen LogP contribution in [0.5, 0.6) is 5.75 Å². The summed E-state index contributed by atoms with van der Waals surface area (Å²) in [4.78, 5) is 10.6. The van der Waals surface area contributed by atoms with E-state index in [-0.39, 0.29) is 36.3 Å². The zero-order valence-corrected chi connectivity index (χ0v) is 16.2. The van der Waals surface area contributed by atoms with Gasteiger partial charge in [0.2, 0.25) is 5.60 Å². The molecule has 0 aromatic heterocycles. The van der Waals surface area contributed by atoms with Crippen LogP contribution >= 0.6 is 22.6 Å². The Balaban J connectivity index is 2.09. The molecule has 2 N–H and O–H groups in total. The van der Waals surface area contributed by atoms with Crippen molar-refractivity contribution in [3.8, 4) is 16.9 Å². The van der Waals surface area contributed by atoms with Gasteiger partial charge < -0.3 is 14.9 Å². The van der Waals surface area contributed by atoms with E-state index in [9.17, 15) is 23.1 Å². The number of aliphatic hydroxyl groups is 1. The van der Waals surface area contributed by atoms with Crippen molar-refractivity contribution in [3.05, 3.63) is 53.1 Å². The average Bonchev–Trinajstić information content (AvgIpc) is 2.88. The predicted molar refractivity (Wildman–Crippen MR) is 101 cm³/mol. The number of benzene rings is 2. The molecule has 0 spiro atoms. The summed E-state index contributed by atoms with van der Waals surface area (Å²) in [6, 6.07) is 8.81. The lowest BCUT2D eigenvalue weighted by atomic mass is 9.90. The van der Waals surface area contributed by atoms with E-state index in [0.29, 0.717) is 21.1 Å². The number of hydrogen-bond donors (Lipinski definition) is 2. The predicted octanol–water partition coefficient (Wildman–Crippen LogP) is 4.64. The Hall–Kier alpha value is -1.81. The number of aliphatic carboxylic acids is 1. The molecule has 2 aromatic carbocycles. The molecule has 0 heterocycles. The van der Waals surface area contributed by atoms with Gasteiger partial charge >= 0.3 is 12.1 Å². The van der Waals surface area contributed by atoms with Crippen molar-refractivity contribution in [3.63, 3.8) is 0 Å². The Labute approximate surface area is 167 Å². The third-order valence-corrected chi connectivity index (χ3v) is 5.35.